The van der Waals surface area contributed by atoms with E-state index in [9.17, 15) is 9.90 Å². The first-order chi connectivity index (χ1) is 9.60. The van der Waals surface area contributed by atoms with Crippen LogP contribution >= 0.6 is 0 Å². The first kappa shape index (κ1) is 15.0. The summed E-state index contributed by atoms with van der Waals surface area (Å²) in [5.41, 5.74) is 0.667. The van der Waals surface area contributed by atoms with E-state index in [0.717, 1.165) is 32.5 Å². The second kappa shape index (κ2) is 6.86. The zero-order valence-electron chi connectivity index (χ0n) is 12.4. The van der Waals surface area contributed by atoms with Crippen LogP contribution < -0.4 is 0 Å². The molecule has 1 aromatic rings. The SMILES string of the molecule is CCN1CCC(N(C)CC(=O)c2ccc(O)cc2)CC1. The highest BCUT2D eigenvalue weighted by molar-refractivity contribution is 5.97. The summed E-state index contributed by atoms with van der Waals surface area (Å²) < 4.78 is 0. The topological polar surface area (TPSA) is 43.8 Å². The van der Waals surface area contributed by atoms with E-state index in [2.05, 4.69) is 16.7 Å². The molecule has 4 nitrogen and oxygen atoms in total. The first-order valence-corrected chi connectivity index (χ1v) is 7.35. The van der Waals surface area contributed by atoms with Crippen LogP contribution in [-0.2, 0) is 0 Å². The third-order valence-electron chi connectivity index (χ3n) is 4.21. The molecule has 0 amide bonds. The van der Waals surface area contributed by atoms with Crippen molar-refractivity contribution in [1.29, 1.82) is 0 Å². The van der Waals surface area contributed by atoms with Gasteiger partial charge in [0.15, 0.2) is 5.78 Å². The van der Waals surface area contributed by atoms with Crippen molar-refractivity contribution in [2.24, 2.45) is 0 Å². The summed E-state index contributed by atoms with van der Waals surface area (Å²) in [5.74, 6) is 0.312. The number of likely N-dealkylation sites (N-methyl/N-ethyl adjacent to an activating group) is 1. The van der Waals surface area contributed by atoms with Crippen LogP contribution in [-0.4, -0.2) is 60.0 Å². The van der Waals surface area contributed by atoms with Gasteiger partial charge in [-0.1, -0.05) is 6.92 Å². The molecule has 0 radical (unpaired) electrons. The average molecular weight is 276 g/mol. The minimum absolute atomic E-state index is 0.116. The zero-order valence-corrected chi connectivity index (χ0v) is 12.4. The molecule has 110 valence electrons. The molecule has 20 heavy (non-hydrogen) atoms. The average Bonchev–Trinajstić information content (AvgIpc) is 2.48. The van der Waals surface area contributed by atoms with Gasteiger partial charge in [-0.05, 0) is 63.8 Å². The highest BCUT2D eigenvalue weighted by atomic mass is 16.3. The number of ketones is 1. The molecule has 1 N–H and O–H groups in total. The Balaban J connectivity index is 1.86. The third kappa shape index (κ3) is 3.81. The number of Topliss-reactive ketones (excluding diaryl/α,β-unsaturated/α-hetero) is 1. The van der Waals surface area contributed by atoms with E-state index in [1.54, 1.807) is 24.3 Å². The van der Waals surface area contributed by atoms with E-state index < -0.39 is 0 Å². The van der Waals surface area contributed by atoms with Gasteiger partial charge in [0.25, 0.3) is 0 Å². The zero-order chi connectivity index (χ0) is 14.5. The number of aromatic hydroxyl groups is 1. The fourth-order valence-corrected chi connectivity index (χ4v) is 2.77. The first-order valence-electron chi connectivity index (χ1n) is 7.35. The summed E-state index contributed by atoms with van der Waals surface area (Å²) in [4.78, 5) is 16.8. The van der Waals surface area contributed by atoms with Gasteiger partial charge < -0.3 is 10.0 Å². The Hall–Kier alpha value is -1.39. The number of likely N-dealkylation sites (tertiary alicyclic amines) is 1. The molecule has 1 saturated heterocycles. The molecule has 1 fully saturated rings. The van der Waals surface area contributed by atoms with E-state index in [0.29, 0.717) is 18.2 Å². The van der Waals surface area contributed by atoms with Crippen LogP contribution in [0.1, 0.15) is 30.1 Å². The van der Waals surface area contributed by atoms with Crippen molar-refractivity contribution in [2.75, 3.05) is 33.2 Å². The smallest absolute Gasteiger partial charge is 0.176 e. The summed E-state index contributed by atoms with van der Waals surface area (Å²) in [7, 11) is 2.03. The van der Waals surface area contributed by atoms with Crippen molar-refractivity contribution < 1.29 is 9.90 Å². The van der Waals surface area contributed by atoms with Crippen molar-refractivity contribution in [2.45, 2.75) is 25.8 Å². The molecule has 0 spiro atoms. The Labute approximate surface area is 121 Å². The van der Waals surface area contributed by atoms with E-state index >= 15 is 0 Å². The number of rotatable bonds is 5. The van der Waals surface area contributed by atoms with Gasteiger partial charge in [0, 0.05) is 11.6 Å². The van der Waals surface area contributed by atoms with Crippen molar-refractivity contribution in [3.05, 3.63) is 29.8 Å². The van der Waals surface area contributed by atoms with Crippen molar-refractivity contribution in [1.82, 2.24) is 9.80 Å². The van der Waals surface area contributed by atoms with Crippen LogP contribution in [0.2, 0.25) is 0 Å². The molecule has 0 aromatic heterocycles. The summed E-state index contributed by atoms with van der Waals surface area (Å²) in [6.45, 7) is 6.00. The number of phenols is 1. The molecule has 0 unspecified atom stereocenters. The molecule has 1 aromatic carbocycles. The lowest BCUT2D eigenvalue weighted by Crippen LogP contribution is -2.44. The lowest BCUT2D eigenvalue weighted by molar-refractivity contribution is 0.0858. The fourth-order valence-electron chi connectivity index (χ4n) is 2.77. The van der Waals surface area contributed by atoms with Gasteiger partial charge in [0.2, 0.25) is 0 Å². The Kier molecular flexibility index (Phi) is 5.15. The lowest BCUT2D eigenvalue weighted by Gasteiger charge is -2.36. The van der Waals surface area contributed by atoms with Gasteiger partial charge in [-0.15, -0.1) is 0 Å². The Morgan fingerprint density at radius 1 is 1.30 bits per heavy atom. The molecule has 4 heteroatoms. The Bertz CT molecular complexity index is 436. The summed E-state index contributed by atoms with van der Waals surface area (Å²) in [6.07, 6.45) is 2.26. The lowest BCUT2D eigenvalue weighted by atomic mass is 10.0. The number of carbonyl (C=O) groups excluding carboxylic acids is 1. The van der Waals surface area contributed by atoms with Gasteiger partial charge >= 0.3 is 0 Å². The van der Waals surface area contributed by atoms with E-state index in [4.69, 9.17) is 0 Å². The van der Waals surface area contributed by atoms with Crippen LogP contribution in [0.4, 0.5) is 0 Å². The molecule has 0 saturated carbocycles. The maximum absolute atomic E-state index is 12.2. The molecule has 1 heterocycles. The monoisotopic (exact) mass is 276 g/mol. The molecule has 0 aliphatic carbocycles. The van der Waals surface area contributed by atoms with E-state index in [1.807, 2.05) is 7.05 Å². The number of carbonyl (C=O) groups is 1. The molecule has 0 atom stereocenters. The van der Waals surface area contributed by atoms with Crippen LogP contribution in [0.5, 0.6) is 5.75 Å². The minimum Gasteiger partial charge on any atom is -0.508 e. The maximum Gasteiger partial charge on any atom is 0.176 e. The summed E-state index contributed by atoms with van der Waals surface area (Å²) in [5, 5.41) is 9.25. The third-order valence-corrected chi connectivity index (χ3v) is 4.21. The normalized spacial score (nSPS) is 17.6. The molecular formula is C16H24N2O2. The molecule has 1 aliphatic heterocycles. The second-order valence-corrected chi connectivity index (χ2v) is 5.55. The van der Waals surface area contributed by atoms with Crippen molar-refractivity contribution in [3.8, 4) is 5.75 Å². The van der Waals surface area contributed by atoms with Crippen LogP contribution in [0.15, 0.2) is 24.3 Å². The number of hydrogen-bond donors (Lipinski definition) is 1. The highest BCUT2D eigenvalue weighted by Crippen LogP contribution is 2.16. The van der Waals surface area contributed by atoms with Gasteiger partial charge in [-0.25, -0.2) is 0 Å². The summed E-state index contributed by atoms with van der Waals surface area (Å²) >= 11 is 0. The number of hydrogen-bond acceptors (Lipinski definition) is 4. The molecule has 2 rings (SSSR count). The van der Waals surface area contributed by atoms with Crippen LogP contribution in [0, 0.1) is 0 Å². The van der Waals surface area contributed by atoms with Crippen LogP contribution in [0.3, 0.4) is 0 Å². The van der Waals surface area contributed by atoms with Gasteiger partial charge in [0.05, 0.1) is 6.54 Å². The number of benzene rings is 1. The highest BCUT2D eigenvalue weighted by Gasteiger charge is 2.23. The predicted octanol–water partition coefficient (Wildman–Crippen LogP) is 1.99. The number of phenolic OH excluding ortho intramolecular Hbond substituents is 1. The van der Waals surface area contributed by atoms with Gasteiger partial charge in [0.1, 0.15) is 5.75 Å². The Morgan fingerprint density at radius 2 is 1.90 bits per heavy atom. The Morgan fingerprint density at radius 3 is 2.45 bits per heavy atom. The molecular weight excluding hydrogens is 252 g/mol. The van der Waals surface area contributed by atoms with E-state index in [1.165, 1.54) is 0 Å². The molecule has 0 bridgehead atoms. The predicted molar refractivity (Wildman–Crippen MR) is 80.2 cm³/mol. The second-order valence-electron chi connectivity index (χ2n) is 5.55. The van der Waals surface area contributed by atoms with E-state index in [-0.39, 0.29) is 11.5 Å². The minimum atomic E-state index is 0.116. The fraction of sp³-hybridized carbons (Fsp3) is 0.562. The van der Waals surface area contributed by atoms with Crippen molar-refractivity contribution in [3.63, 3.8) is 0 Å². The largest absolute Gasteiger partial charge is 0.508 e. The quantitative estimate of drug-likeness (QED) is 0.835. The number of piperidine rings is 1. The van der Waals surface area contributed by atoms with Gasteiger partial charge in [-0.3, -0.25) is 9.69 Å². The number of nitrogens with zero attached hydrogens (tertiary/aromatic N) is 2. The maximum atomic E-state index is 12.2. The van der Waals surface area contributed by atoms with Crippen molar-refractivity contribution >= 4 is 5.78 Å². The standard InChI is InChI=1S/C16H24N2O2/c1-3-18-10-8-14(9-11-18)17(2)12-16(20)13-4-6-15(19)7-5-13/h4-7,14,19H,3,8-12H2,1-2H3. The summed E-state index contributed by atoms with van der Waals surface area (Å²) in [6, 6.07) is 7.00. The van der Waals surface area contributed by atoms with Crippen LogP contribution in [0.25, 0.3) is 0 Å². The molecule has 1 aliphatic rings. The van der Waals surface area contributed by atoms with Gasteiger partial charge in [-0.2, -0.15) is 0 Å².